The summed E-state index contributed by atoms with van der Waals surface area (Å²) in [6.45, 7) is 7.37. The van der Waals surface area contributed by atoms with Crippen LogP contribution in [0.2, 0.25) is 0 Å². The number of urea groups is 1. The van der Waals surface area contributed by atoms with E-state index in [1.54, 1.807) is 6.08 Å². The molecule has 0 aliphatic carbocycles. The number of imide groups is 1. The zero-order chi connectivity index (χ0) is 19.9. The molecule has 7 heteroatoms. The van der Waals surface area contributed by atoms with Gasteiger partial charge in [-0.15, -0.1) is 0 Å². The topological polar surface area (TPSA) is 91.6 Å². The number of nitrogens with zero attached hydrogens (tertiary/aromatic N) is 2. The first-order chi connectivity index (χ1) is 12.7. The van der Waals surface area contributed by atoms with Crippen LogP contribution in [0, 0.1) is 27.7 Å². The Hall–Kier alpha value is -3.35. The maximum Gasteiger partial charge on any atom is 0.329 e. The molecule has 0 unspecified atom stereocenters. The lowest BCUT2D eigenvalue weighted by Crippen LogP contribution is -2.35. The molecule has 7 nitrogen and oxygen atoms in total. The van der Waals surface area contributed by atoms with Crippen molar-refractivity contribution in [2.45, 2.75) is 27.7 Å². The van der Waals surface area contributed by atoms with Crippen molar-refractivity contribution in [3.05, 3.63) is 58.0 Å². The van der Waals surface area contributed by atoms with E-state index < -0.39 is 24.5 Å². The summed E-state index contributed by atoms with van der Waals surface area (Å²) >= 11 is 0. The van der Waals surface area contributed by atoms with Crippen LogP contribution >= 0.6 is 0 Å². The smallest absolute Gasteiger partial charge is 0.329 e. The second kappa shape index (κ2) is 6.75. The number of carbonyl (C=O) groups excluding carboxylic acids is 2. The van der Waals surface area contributed by atoms with E-state index in [2.05, 4.69) is 29.8 Å². The van der Waals surface area contributed by atoms with Gasteiger partial charge in [-0.3, -0.25) is 9.59 Å². The van der Waals surface area contributed by atoms with Crippen LogP contribution in [0.25, 0.3) is 11.8 Å². The normalized spacial score (nSPS) is 15.6. The Morgan fingerprint density at radius 3 is 2.56 bits per heavy atom. The Morgan fingerprint density at radius 2 is 1.89 bits per heavy atom. The fraction of sp³-hybridized carbons (Fsp3) is 0.250. The molecule has 3 rings (SSSR count). The second-order valence-electron chi connectivity index (χ2n) is 6.65. The molecule has 0 atom stereocenters. The Bertz CT molecular complexity index is 1000. The van der Waals surface area contributed by atoms with Crippen molar-refractivity contribution in [2.75, 3.05) is 6.54 Å². The second-order valence-corrected chi connectivity index (χ2v) is 6.65. The number of rotatable bonds is 4. The summed E-state index contributed by atoms with van der Waals surface area (Å²) in [6, 6.07) is 7.30. The number of benzene rings is 1. The monoisotopic (exact) mass is 367 g/mol. The zero-order valence-electron chi connectivity index (χ0n) is 15.7. The van der Waals surface area contributed by atoms with Gasteiger partial charge in [0.05, 0.1) is 0 Å². The molecule has 2 aromatic rings. The molecule has 2 heterocycles. The summed E-state index contributed by atoms with van der Waals surface area (Å²) < 4.78 is 2.10. The average Bonchev–Trinajstić information content (AvgIpc) is 3.01. The van der Waals surface area contributed by atoms with Gasteiger partial charge in [-0.2, -0.15) is 0 Å². The number of amides is 3. The highest BCUT2D eigenvalue weighted by molar-refractivity contribution is 6.15. The van der Waals surface area contributed by atoms with E-state index in [-0.39, 0.29) is 5.70 Å². The van der Waals surface area contributed by atoms with Gasteiger partial charge in [0.2, 0.25) is 0 Å². The predicted molar refractivity (Wildman–Crippen MR) is 101 cm³/mol. The summed E-state index contributed by atoms with van der Waals surface area (Å²) in [5, 5.41) is 11.3. The molecule has 1 aliphatic heterocycles. The van der Waals surface area contributed by atoms with E-state index in [1.807, 2.05) is 32.0 Å². The molecule has 1 aromatic heterocycles. The van der Waals surface area contributed by atoms with Gasteiger partial charge in [0.15, 0.2) is 0 Å². The first-order valence-electron chi connectivity index (χ1n) is 8.52. The van der Waals surface area contributed by atoms with Crippen molar-refractivity contribution in [3.63, 3.8) is 0 Å². The molecule has 0 radical (unpaired) electrons. The lowest BCUT2D eigenvalue weighted by Gasteiger charge is -2.14. The van der Waals surface area contributed by atoms with Crippen LogP contribution in [0.3, 0.4) is 0 Å². The van der Waals surface area contributed by atoms with Gasteiger partial charge in [0.25, 0.3) is 5.91 Å². The van der Waals surface area contributed by atoms with Gasteiger partial charge in [0.1, 0.15) is 12.2 Å². The van der Waals surface area contributed by atoms with Crippen LogP contribution in [-0.2, 0) is 9.59 Å². The lowest BCUT2D eigenvalue weighted by molar-refractivity contribution is -0.140. The van der Waals surface area contributed by atoms with E-state index >= 15 is 0 Å². The zero-order valence-corrected chi connectivity index (χ0v) is 15.7. The first-order valence-corrected chi connectivity index (χ1v) is 8.52. The van der Waals surface area contributed by atoms with Gasteiger partial charge < -0.3 is 15.0 Å². The number of aromatic nitrogens is 1. The maximum absolute atomic E-state index is 12.3. The number of carboxylic acid groups (broad SMARTS) is 1. The maximum atomic E-state index is 12.3. The summed E-state index contributed by atoms with van der Waals surface area (Å²) in [7, 11) is 0. The van der Waals surface area contributed by atoms with E-state index in [9.17, 15) is 14.4 Å². The molecule has 2 N–H and O–H groups in total. The van der Waals surface area contributed by atoms with E-state index in [4.69, 9.17) is 5.11 Å². The van der Waals surface area contributed by atoms with Gasteiger partial charge in [0, 0.05) is 17.1 Å². The number of hydrogen-bond acceptors (Lipinski definition) is 3. The third-order valence-electron chi connectivity index (χ3n) is 4.84. The number of aryl methyl sites for hydroxylation is 2. The molecule has 1 aromatic carbocycles. The lowest BCUT2D eigenvalue weighted by atomic mass is 10.1. The van der Waals surface area contributed by atoms with Crippen molar-refractivity contribution >= 4 is 24.0 Å². The molecule has 27 heavy (non-hydrogen) atoms. The van der Waals surface area contributed by atoms with E-state index in [0.29, 0.717) is 4.90 Å². The Labute approximate surface area is 156 Å². The van der Waals surface area contributed by atoms with Gasteiger partial charge in [-0.1, -0.05) is 12.1 Å². The molecule has 0 bridgehead atoms. The molecule has 0 saturated carbocycles. The fourth-order valence-corrected chi connectivity index (χ4v) is 3.29. The Morgan fingerprint density at radius 1 is 1.19 bits per heavy atom. The average molecular weight is 367 g/mol. The number of hydrogen-bond donors (Lipinski definition) is 2. The molecular weight excluding hydrogens is 346 g/mol. The molecule has 3 amide bonds. The van der Waals surface area contributed by atoms with Gasteiger partial charge in [-0.25, -0.2) is 9.69 Å². The first kappa shape index (κ1) is 18.4. The highest BCUT2D eigenvalue weighted by Crippen LogP contribution is 2.26. The Balaban J connectivity index is 2.02. The largest absolute Gasteiger partial charge is 0.480 e. The standard InChI is InChI=1S/C20H21N3O4/c1-11-6-5-7-17(13(11)3)23-12(2)8-15(14(23)4)9-16-19(26)22(10-18(24)25)20(27)21-16/h5-9H,10H2,1-4H3,(H,21,27)(H,24,25)/b16-9+. The summed E-state index contributed by atoms with van der Waals surface area (Å²) in [6.07, 6.45) is 1.59. The predicted octanol–water partition coefficient (Wildman–Crippen LogP) is 2.69. The number of nitrogens with one attached hydrogen (secondary N) is 1. The van der Waals surface area contributed by atoms with E-state index in [1.165, 1.54) is 5.56 Å². The van der Waals surface area contributed by atoms with Crippen LogP contribution in [0.15, 0.2) is 30.0 Å². The minimum Gasteiger partial charge on any atom is -0.480 e. The van der Waals surface area contributed by atoms with Crippen molar-refractivity contribution in [2.24, 2.45) is 0 Å². The van der Waals surface area contributed by atoms with Crippen LogP contribution in [0.5, 0.6) is 0 Å². The number of carbonyl (C=O) groups is 3. The quantitative estimate of drug-likeness (QED) is 0.642. The molecule has 1 saturated heterocycles. The minimum atomic E-state index is -1.24. The summed E-state index contributed by atoms with van der Waals surface area (Å²) in [5.41, 5.74) is 6.18. The van der Waals surface area contributed by atoms with Crippen molar-refractivity contribution in [1.29, 1.82) is 0 Å². The molecular formula is C20H21N3O4. The van der Waals surface area contributed by atoms with E-state index in [0.717, 1.165) is 28.2 Å². The van der Waals surface area contributed by atoms with Crippen LogP contribution < -0.4 is 5.32 Å². The number of aliphatic carboxylic acids is 1. The highest BCUT2D eigenvalue weighted by Gasteiger charge is 2.35. The number of carboxylic acids is 1. The molecule has 1 fully saturated rings. The van der Waals surface area contributed by atoms with Crippen LogP contribution in [-0.4, -0.2) is 39.0 Å². The van der Waals surface area contributed by atoms with Crippen LogP contribution in [0.1, 0.15) is 28.1 Å². The van der Waals surface area contributed by atoms with Crippen LogP contribution in [0.4, 0.5) is 4.79 Å². The van der Waals surface area contributed by atoms with Gasteiger partial charge >= 0.3 is 12.0 Å². The molecule has 1 aliphatic rings. The minimum absolute atomic E-state index is 0.0717. The van der Waals surface area contributed by atoms with Crippen molar-refractivity contribution < 1.29 is 19.5 Å². The molecule has 0 spiro atoms. The third kappa shape index (κ3) is 3.23. The summed E-state index contributed by atoms with van der Waals surface area (Å²) in [5.74, 6) is -1.88. The fourth-order valence-electron chi connectivity index (χ4n) is 3.29. The third-order valence-corrected chi connectivity index (χ3v) is 4.84. The summed E-state index contributed by atoms with van der Waals surface area (Å²) in [4.78, 5) is 35.7. The van der Waals surface area contributed by atoms with Crippen molar-refractivity contribution in [1.82, 2.24) is 14.8 Å². The highest BCUT2D eigenvalue weighted by atomic mass is 16.4. The molecule has 140 valence electrons. The Kier molecular flexibility index (Phi) is 4.61. The van der Waals surface area contributed by atoms with Gasteiger partial charge in [-0.05, 0) is 62.6 Å². The SMILES string of the molecule is Cc1cccc(-n2c(C)cc(/C=C3/NC(=O)N(CC(=O)O)C3=O)c2C)c1C. The van der Waals surface area contributed by atoms with Crippen molar-refractivity contribution in [3.8, 4) is 5.69 Å².